The van der Waals surface area contributed by atoms with E-state index in [-0.39, 0.29) is 17.9 Å². The number of hydrogen-bond donors (Lipinski definition) is 3. The van der Waals surface area contributed by atoms with Crippen molar-refractivity contribution in [3.63, 3.8) is 0 Å². The Morgan fingerprint density at radius 3 is 2.43 bits per heavy atom. The number of nitrogen functional groups attached to an aromatic ring is 1. The fourth-order valence-corrected chi connectivity index (χ4v) is 2.21. The minimum atomic E-state index is -1.06. The van der Waals surface area contributed by atoms with E-state index in [2.05, 4.69) is 21.2 Å². The van der Waals surface area contributed by atoms with Gasteiger partial charge in [-0.2, -0.15) is 0 Å². The first kappa shape index (κ1) is 15.1. The number of hydrogen-bond acceptors (Lipinski definition) is 3. The molecule has 5 nitrogen and oxygen atoms in total. The number of carboxylic acids is 1. The minimum absolute atomic E-state index is 0.0975. The van der Waals surface area contributed by atoms with Gasteiger partial charge in [0, 0.05) is 15.8 Å². The van der Waals surface area contributed by atoms with Crippen LogP contribution in [0.3, 0.4) is 0 Å². The van der Waals surface area contributed by atoms with Gasteiger partial charge in [0.05, 0.1) is 12.0 Å². The third kappa shape index (κ3) is 4.06. The van der Waals surface area contributed by atoms with Gasteiger partial charge in [-0.05, 0) is 51.8 Å². The summed E-state index contributed by atoms with van der Waals surface area (Å²) in [5.74, 6) is -1.28. The molecule has 0 aromatic heterocycles. The summed E-state index contributed by atoms with van der Waals surface area (Å²) in [6, 6.07) is 11.6. The Balaban J connectivity index is 2.07. The smallest absolute Gasteiger partial charge is 0.336 e. The molecule has 0 fully saturated rings. The van der Waals surface area contributed by atoms with E-state index in [1.54, 1.807) is 36.4 Å². The Morgan fingerprint density at radius 1 is 1.14 bits per heavy atom. The van der Waals surface area contributed by atoms with Gasteiger partial charge in [0.15, 0.2) is 0 Å². The van der Waals surface area contributed by atoms with Crippen LogP contribution in [0.25, 0.3) is 0 Å². The number of carbonyl (C=O) groups is 2. The summed E-state index contributed by atoms with van der Waals surface area (Å²) in [5.41, 5.74) is 7.59. The van der Waals surface area contributed by atoms with Crippen molar-refractivity contribution >= 4 is 39.2 Å². The van der Waals surface area contributed by atoms with E-state index in [1.165, 1.54) is 6.07 Å². The molecule has 0 bridgehead atoms. The fraction of sp³-hybridized carbons (Fsp3) is 0.0667. The molecule has 0 aliphatic carbocycles. The molecule has 2 aromatic rings. The molecular formula is C15H13BrN2O3. The first-order valence-corrected chi connectivity index (χ1v) is 6.92. The van der Waals surface area contributed by atoms with E-state index < -0.39 is 5.97 Å². The predicted octanol–water partition coefficient (Wildman–Crippen LogP) is 2.91. The van der Waals surface area contributed by atoms with Crippen LogP contribution in [0.5, 0.6) is 0 Å². The van der Waals surface area contributed by atoms with Crippen molar-refractivity contribution in [3.8, 4) is 0 Å². The Morgan fingerprint density at radius 2 is 1.81 bits per heavy atom. The maximum atomic E-state index is 11.9. The second-order valence-corrected chi connectivity index (χ2v) is 5.32. The lowest BCUT2D eigenvalue weighted by Gasteiger charge is -2.07. The molecule has 0 radical (unpaired) electrons. The van der Waals surface area contributed by atoms with E-state index in [1.807, 2.05) is 0 Å². The molecule has 0 saturated carbocycles. The number of rotatable bonds is 4. The second kappa shape index (κ2) is 6.41. The molecule has 0 spiro atoms. The topological polar surface area (TPSA) is 92.4 Å². The normalized spacial score (nSPS) is 10.1. The molecule has 2 rings (SSSR count). The largest absolute Gasteiger partial charge is 0.478 e. The number of nitrogens with two attached hydrogens (primary N) is 1. The van der Waals surface area contributed by atoms with Gasteiger partial charge in [0.2, 0.25) is 5.91 Å². The maximum Gasteiger partial charge on any atom is 0.336 e. The molecule has 0 heterocycles. The summed E-state index contributed by atoms with van der Waals surface area (Å²) in [5, 5.41) is 11.7. The van der Waals surface area contributed by atoms with Crippen LogP contribution >= 0.6 is 15.9 Å². The Labute approximate surface area is 129 Å². The monoisotopic (exact) mass is 348 g/mol. The fourth-order valence-electron chi connectivity index (χ4n) is 1.79. The average Bonchev–Trinajstić information content (AvgIpc) is 2.43. The lowest BCUT2D eigenvalue weighted by atomic mass is 10.1. The summed E-state index contributed by atoms with van der Waals surface area (Å²) in [7, 11) is 0. The first-order valence-electron chi connectivity index (χ1n) is 6.13. The van der Waals surface area contributed by atoms with E-state index >= 15 is 0 Å². The first-order chi connectivity index (χ1) is 9.95. The van der Waals surface area contributed by atoms with Gasteiger partial charge in [0.1, 0.15) is 0 Å². The summed E-state index contributed by atoms with van der Waals surface area (Å²) in [6.07, 6.45) is 0.193. The van der Waals surface area contributed by atoms with E-state index in [0.29, 0.717) is 15.8 Å². The lowest BCUT2D eigenvalue weighted by molar-refractivity contribution is -0.115. The maximum absolute atomic E-state index is 11.9. The predicted molar refractivity (Wildman–Crippen MR) is 84.3 cm³/mol. The second-order valence-electron chi connectivity index (χ2n) is 4.47. The number of amides is 1. The lowest BCUT2D eigenvalue weighted by Crippen LogP contribution is -2.15. The summed E-state index contributed by atoms with van der Waals surface area (Å²) >= 11 is 3.15. The number of halogens is 1. The average molecular weight is 349 g/mol. The van der Waals surface area contributed by atoms with Crippen LogP contribution in [0.4, 0.5) is 11.4 Å². The summed E-state index contributed by atoms with van der Waals surface area (Å²) in [6.45, 7) is 0. The van der Waals surface area contributed by atoms with Gasteiger partial charge in [0.25, 0.3) is 0 Å². The minimum Gasteiger partial charge on any atom is -0.478 e. The molecule has 6 heteroatoms. The summed E-state index contributed by atoms with van der Waals surface area (Å²) < 4.78 is 0.464. The molecule has 0 unspecified atom stereocenters. The SMILES string of the molecule is Nc1ccc(CC(=O)Nc2ccc(Br)c(C(=O)O)c2)cc1. The van der Waals surface area contributed by atoms with Gasteiger partial charge in [-0.1, -0.05) is 12.1 Å². The van der Waals surface area contributed by atoms with Gasteiger partial charge in [-0.3, -0.25) is 4.79 Å². The van der Waals surface area contributed by atoms with Crippen molar-refractivity contribution in [2.45, 2.75) is 6.42 Å². The van der Waals surface area contributed by atoms with Crippen molar-refractivity contribution < 1.29 is 14.7 Å². The van der Waals surface area contributed by atoms with Crippen molar-refractivity contribution in [2.75, 3.05) is 11.1 Å². The molecule has 0 aliphatic heterocycles. The highest BCUT2D eigenvalue weighted by atomic mass is 79.9. The number of anilines is 2. The molecule has 0 aliphatic rings. The molecule has 2 aromatic carbocycles. The highest BCUT2D eigenvalue weighted by molar-refractivity contribution is 9.10. The number of nitrogens with one attached hydrogen (secondary N) is 1. The molecule has 4 N–H and O–H groups in total. The molecule has 1 amide bonds. The third-order valence-electron chi connectivity index (χ3n) is 2.82. The van der Waals surface area contributed by atoms with Gasteiger partial charge < -0.3 is 16.2 Å². The zero-order valence-corrected chi connectivity index (χ0v) is 12.6. The number of aromatic carboxylic acids is 1. The highest BCUT2D eigenvalue weighted by Gasteiger charge is 2.10. The van der Waals surface area contributed by atoms with Crippen molar-refractivity contribution in [3.05, 3.63) is 58.1 Å². The number of carboxylic acid groups (broad SMARTS) is 1. The standard InChI is InChI=1S/C15H13BrN2O3/c16-13-6-5-11(8-12(13)15(20)21)18-14(19)7-9-1-3-10(17)4-2-9/h1-6,8H,7,17H2,(H,18,19)(H,20,21). The van der Waals surface area contributed by atoms with Crippen LogP contribution in [-0.4, -0.2) is 17.0 Å². The van der Waals surface area contributed by atoms with Crippen LogP contribution in [0.1, 0.15) is 15.9 Å². The molecule has 108 valence electrons. The van der Waals surface area contributed by atoms with Gasteiger partial charge in [-0.15, -0.1) is 0 Å². The zero-order valence-electron chi connectivity index (χ0n) is 11.0. The Hall–Kier alpha value is -2.34. The van der Waals surface area contributed by atoms with Crippen LogP contribution in [0.2, 0.25) is 0 Å². The van der Waals surface area contributed by atoms with Crippen molar-refractivity contribution in [1.82, 2.24) is 0 Å². The molecule has 21 heavy (non-hydrogen) atoms. The third-order valence-corrected chi connectivity index (χ3v) is 3.52. The van der Waals surface area contributed by atoms with Crippen LogP contribution in [-0.2, 0) is 11.2 Å². The van der Waals surface area contributed by atoms with Crippen LogP contribution < -0.4 is 11.1 Å². The van der Waals surface area contributed by atoms with E-state index in [0.717, 1.165) is 5.56 Å². The molecule has 0 atom stereocenters. The molecular weight excluding hydrogens is 336 g/mol. The number of benzene rings is 2. The van der Waals surface area contributed by atoms with Crippen LogP contribution in [0, 0.1) is 0 Å². The van der Waals surface area contributed by atoms with Gasteiger partial charge in [-0.25, -0.2) is 4.79 Å². The Bertz CT molecular complexity index is 684. The quantitative estimate of drug-likeness (QED) is 0.740. The highest BCUT2D eigenvalue weighted by Crippen LogP contribution is 2.21. The summed E-state index contributed by atoms with van der Waals surface area (Å²) in [4.78, 5) is 23.0. The molecule has 0 saturated heterocycles. The van der Waals surface area contributed by atoms with Crippen molar-refractivity contribution in [1.29, 1.82) is 0 Å². The van der Waals surface area contributed by atoms with E-state index in [4.69, 9.17) is 10.8 Å². The Kier molecular flexibility index (Phi) is 4.59. The van der Waals surface area contributed by atoms with E-state index in [9.17, 15) is 9.59 Å². The van der Waals surface area contributed by atoms with Crippen molar-refractivity contribution in [2.24, 2.45) is 0 Å². The van der Waals surface area contributed by atoms with Gasteiger partial charge >= 0.3 is 5.97 Å². The van der Waals surface area contributed by atoms with Crippen LogP contribution in [0.15, 0.2) is 46.9 Å². The number of carbonyl (C=O) groups excluding carboxylic acids is 1. The zero-order chi connectivity index (χ0) is 15.4.